The molecule has 3 heteroatoms. The van der Waals surface area contributed by atoms with Crippen LogP contribution in [0.4, 0.5) is 0 Å². The fraction of sp³-hybridized carbons (Fsp3) is 0.333. The van der Waals surface area contributed by atoms with Crippen LogP contribution >= 0.6 is 0 Å². The summed E-state index contributed by atoms with van der Waals surface area (Å²) in [6, 6.07) is 3.94. The highest BCUT2D eigenvalue weighted by Gasteiger charge is 1.90. The van der Waals surface area contributed by atoms with Crippen LogP contribution in [0.25, 0.3) is 0 Å². The summed E-state index contributed by atoms with van der Waals surface area (Å²) in [5.74, 6) is 0. The van der Waals surface area contributed by atoms with E-state index in [0.29, 0.717) is 6.54 Å². The van der Waals surface area contributed by atoms with Gasteiger partial charge in [-0.25, -0.2) is 0 Å². The zero-order valence-corrected chi connectivity index (χ0v) is 6.86. The van der Waals surface area contributed by atoms with Gasteiger partial charge in [0, 0.05) is 12.4 Å². The molecule has 0 aromatic carbocycles. The van der Waals surface area contributed by atoms with E-state index in [4.69, 9.17) is 0 Å². The van der Waals surface area contributed by atoms with E-state index in [9.17, 15) is 4.79 Å². The van der Waals surface area contributed by atoms with Crippen molar-refractivity contribution in [2.45, 2.75) is 6.42 Å². The quantitative estimate of drug-likeness (QED) is 0.506. The van der Waals surface area contributed by atoms with E-state index in [0.717, 1.165) is 19.3 Å². The number of rotatable bonds is 5. The number of carbonyl (C=O) groups excluding carboxylic acids is 1. The lowest BCUT2D eigenvalue weighted by Crippen LogP contribution is -2.19. The Morgan fingerprint density at radius 1 is 1.58 bits per heavy atom. The van der Waals surface area contributed by atoms with Gasteiger partial charge in [0.1, 0.15) is 6.29 Å². The molecule has 0 aliphatic heterocycles. The summed E-state index contributed by atoms with van der Waals surface area (Å²) in [5.41, 5.74) is 1.19. The molecule has 1 aromatic heterocycles. The molecule has 0 aliphatic rings. The van der Waals surface area contributed by atoms with E-state index >= 15 is 0 Å². The highest BCUT2D eigenvalue weighted by atomic mass is 16.1. The van der Waals surface area contributed by atoms with Gasteiger partial charge in [-0.15, -0.1) is 0 Å². The summed E-state index contributed by atoms with van der Waals surface area (Å²) in [6.07, 6.45) is 5.37. The topological polar surface area (TPSA) is 42.0 Å². The molecule has 1 heterocycles. The largest absolute Gasteiger partial charge is 0.310 e. The number of aldehydes is 1. The van der Waals surface area contributed by atoms with Gasteiger partial charge in [-0.1, -0.05) is 6.07 Å². The second-order valence-corrected chi connectivity index (χ2v) is 2.48. The molecule has 0 radical (unpaired) electrons. The Morgan fingerprint density at radius 3 is 3.17 bits per heavy atom. The van der Waals surface area contributed by atoms with E-state index in [-0.39, 0.29) is 0 Å². The van der Waals surface area contributed by atoms with Crippen molar-refractivity contribution in [1.82, 2.24) is 10.3 Å². The van der Waals surface area contributed by atoms with Gasteiger partial charge in [-0.3, -0.25) is 4.98 Å². The molecule has 3 nitrogen and oxygen atoms in total. The fourth-order valence-corrected chi connectivity index (χ4v) is 0.940. The van der Waals surface area contributed by atoms with Crippen LogP contribution in [0.2, 0.25) is 0 Å². The average Bonchev–Trinajstić information content (AvgIpc) is 2.14. The summed E-state index contributed by atoms with van der Waals surface area (Å²) < 4.78 is 0. The first-order chi connectivity index (χ1) is 5.93. The normalized spacial score (nSPS) is 9.67. The Hall–Kier alpha value is -1.22. The van der Waals surface area contributed by atoms with Gasteiger partial charge in [-0.2, -0.15) is 0 Å². The SMILES string of the molecule is O=CCNCCc1cccnc1. The minimum Gasteiger partial charge on any atom is -0.310 e. The van der Waals surface area contributed by atoms with E-state index in [1.165, 1.54) is 5.56 Å². The number of hydrogen-bond acceptors (Lipinski definition) is 3. The van der Waals surface area contributed by atoms with Crippen LogP contribution in [-0.4, -0.2) is 24.4 Å². The minimum atomic E-state index is 0.431. The maximum atomic E-state index is 9.94. The zero-order chi connectivity index (χ0) is 8.65. The molecule has 0 bridgehead atoms. The van der Waals surface area contributed by atoms with Crippen LogP contribution in [0.15, 0.2) is 24.5 Å². The molecule has 0 saturated heterocycles. The van der Waals surface area contributed by atoms with Gasteiger partial charge in [0.15, 0.2) is 0 Å². The molecule has 0 amide bonds. The molecule has 0 unspecified atom stereocenters. The van der Waals surface area contributed by atoms with E-state index in [1.807, 2.05) is 18.3 Å². The molecule has 0 spiro atoms. The van der Waals surface area contributed by atoms with Crippen LogP contribution in [0.1, 0.15) is 5.56 Å². The van der Waals surface area contributed by atoms with Crippen LogP contribution in [0.5, 0.6) is 0 Å². The Balaban J connectivity index is 2.20. The number of hydrogen-bond donors (Lipinski definition) is 1. The van der Waals surface area contributed by atoms with E-state index in [1.54, 1.807) is 6.20 Å². The third kappa shape index (κ3) is 3.25. The number of nitrogens with one attached hydrogen (secondary N) is 1. The van der Waals surface area contributed by atoms with Gasteiger partial charge in [0.05, 0.1) is 6.54 Å². The third-order valence-corrected chi connectivity index (χ3v) is 1.54. The van der Waals surface area contributed by atoms with Crippen LogP contribution in [0, 0.1) is 0 Å². The van der Waals surface area contributed by atoms with Crippen molar-refractivity contribution in [2.24, 2.45) is 0 Å². The summed E-state index contributed by atoms with van der Waals surface area (Å²) >= 11 is 0. The predicted octanol–water partition coefficient (Wildman–Crippen LogP) is 0.413. The van der Waals surface area contributed by atoms with Crippen molar-refractivity contribution in [1.29, 1.82) is 0 Å². The molecule has 12 heavy (non-hydrogen) atoms. The molecule has 0 aliphatic carbocycles. The molecule has 0 fully saturated rings. The lowest BCUT2D eigenvalue weighted by Gasteiger charge is -1.99. The van der Waals surface area contributed by atoms with Gasteiger partial charge in [0.2, 0.25) is 0 Å². The van der Waals surface area contributed by atoms with Crippen molar-refractivity contribution in [3.63, 3.8) is 0 Å². The molecule has 64 valence electrons. The molecule has 1 N–H and O–H groups in total. The summed E-state index contributed by atoms with van der Waals surface area (Å²) in [7, 11) is 0. The van der Waals surface area contributed by atoms with Crippen molar-refractivity contribution < 1.29 is 4.79 Å². The third-order valence-electron chi connectivity index (χ3n) is 1.54. The zero-order valence-electron chi connectivity index (χ0n) is 6.86. The van der Waals surface area contributed by atoms with Crippen molar-refractivity contribution >= 4 is 6.29 Å². The first-order valence-corrected chi connectivity index (χ1v) is 3.97. The Kier molecular flexibility index (Phi) is 4.02. The number of pyridine rings is 1. The van der Waals surface area contributed by atoms with Crippen LogP contribution < -0.4 is 5.32 Å². The first-order valence-electron chi connectivity index (χ1n) is 3.97. The molecule has 1 rings (SSSR count). The minimum absolute atomic E-state index is 0.431. The van der Waals surface area contributed by atoms with E-state index < -0.39 is 0 Å². The molecule has 0 saturated carbocycles. The lowest BCUT2D eigenvalue weighted by molar-refractivity contribution is -0.107. The van der Waals surface area contributed by atoms with Crippen molar-refractivity contribution in [3.8, 4) is 0 Å². The predicted molar refractivity (Wildman–Crippen MR) is 46.9 cm³/mol. The first kappa shape index (κ1) is 8.87. The Bertz CT molecular complexity index is 223. The second-order valence-electron chi connectivity index (χ2n) is 2.48. The fourth-order valence-electron chi connectivity index (χ4n) is 0.940. The molecule has 1 aromatic rings. The Labute approximate surface area is 71.8 Å². The second kappa shape index (κ2) is 5.43. The monoisotopic (exact) mass is 164 g/mol. The lowest BCUT2D eigenvalue weighted by atomic mass is 10.2. The molecule has 0 atom stereocenters. The van der Waals surface area contributed by atoms with Crippen LogP contribution in [0.3, 0.4) is 0 Å². The maximum Gasteiger partial charge on any atom is 0.133 e. The Morgan fingerprint density at radius 2 is 2.50 bits per heavy atom. The molecular weight excluding hydrogens is 152 g/mol. The van der Waals surface area contributed by atoms with Crippen molar-refractivity contribution in [3.05, 3.63) is 30.1 Å². The highest BCUT2D eigenvalue weighted by molar-refractivity contribution is 5.51. The highest BCUT2D eigenvalue weighted by Crippen LogP contribution is 1.94. The average molecular weight is 164 g/mol. The number of nitrogens with zero attached hydrogens (tertiary/aromatic N) is 1. The number of carbonyl (C=O) groups is 1. The smallest absolute Gasteiger partial charge is 0.133 e. The summed E-state index contributed by atoms with van der Waals surface area (Å²) in [5, 5.41) is 2.99. The summed E-state index contributed by atoms with van der Waals surface area (Å²) in [4.78, 5) is 13.9. The van der Waals surface area contributed by atoms with Crippen LogP contribution in [-0.2, 0) is 11.2 Å². The van der Waals surface area contributed by atoms with Crippen molar-refractivity contribution in [2.75, 3.05) is 13.1 Å². The maximum absolute atomic E-state index is 9.94. The van der Waals surface area contributed by atoms with Gasteiger partial charge in [-0.05, 0) is 24.6 Å². The van der Waals surface area contributed by atoms with E-state index in [2.05, 4.69) is 10.3 Å². The molecular formula is C9H12N2O. The number of aromatic nitrogens is 1. The van der Waals surface area contributed by atoms with Gasteiger partial charge in [0.25, 0.3) is 0 Å². The standard InChI is InChI=1S/C9H12N2O/c12-7-6-10-5-3-9-2-1-4-11-8-9/h1-2,4,7-8,10H,3,5-6H2. The summed E-state index contributed by atoms with van der Waals surface area (Å²) in [6.45, 7) is 1.25. The van der Waals surface area contributed by atoms with Gasteiger partial charge >= 0.3 is 0 Å². The van der Waals surface area contributed by atoms with Gasteiger partial charge < -0.3 is 10.1 Å².